The van der Waals surface area contributed by atoms with Gasteiger partial charge < -0.3 is 9.47 Å². The van der Waals surface area contributed by atoms with Crippen LogP contribution in [0.15, 0.2) is 18.2 Å². The minimum atomic E-state index is 0. The average Bonchev–Trinajstić information content (AvgIpc) is 2.86. The summed E-state index contributed by atoms with van der Waals surface area (Å²) in [6.07, 6.45) is 0. The van der Waals surface area contributed by atoms with Crippen LogP contribution in [0.5, 0.6) is 11.5 Å². The zero-order valence-corrected chi connectivity index (χ0v) is 11.5. The summed E-state index contributed by atoms with van der Waals surface area (Å²) >= 11 is 1.33. The van der Waals surface area contributed by atoms with E-state index in [4.69, 9.17) is 15.3 Å². The zero-order valence-electron chi connectivity index (χ0n) is 9.84. The third kappa shape index (κ3) is 2.63. The van der Waals surface area contributed by atoms with E-state index in [9.17, 15) is 0 Å². The summed E-state index contributed by atoms with van der Waals surface area (Å²) in [5, 5.41) is 9.15. The summed E-state index contributed by atoms with van der Waals surface area (Å²) in [4.78, 5) is 0. The molecule has 0 fully saturated rings. The highest BCUT2D eigenvalue weighted by atomic mass is 35.5. The smallest absolute Gasteiger partial charge is 0.220 e. The van der Waals surface area contributed by atoms with Crippen LogP contribution in [-0.2, 0) is 0 Å². The molecule has 0 bridgehead atoms. The first-order chi connectivity index (χ1) is 8.30. The Kier molecular flexibility index (Phi) is 5.14. The van der Waals surface area contributed by atoms with Gasteiger partial charge in [-0.05, 0) is 12.1 Å². The van der Waals surface area contributed by atoms with Crippen molar-refractivity contribution in [2.24, 2.45) is 5.84 Å². The fourth-order valence-corrected chi connectivity index (χ4v) is 2.15. The van der Waals surface area contributed by atoms with Gasteiger partial charge in [-0.1, -0.05) is 17.4 Å². The molecule has 8 heteroatoms. The lowest BCUT2D eigenvalue weighted by atomic mass is 10.2. The second-order valence-electron chi connectivity index (χ2n) is 3.09. The molecule has 2 rings (SSSR count). The number of nitrogens with one attached hydrogen (secondary N) is 1. The van der Waals surface area contributed by atoms with Gasteiger partial charge >= 0.3 is 0 Å². The zero-order chi connectivity index (χ0) is 12.3. The number of nitrogens with two attached hydrogens (primary N) is 1. The van der Waals surface area contributed by atoms with Crippen molar-refractivity contribution in [2.75, 3.05) is 19.6 Å². The maximum absolute atomic E-state index is 5.29. The first-order valence-corrected chi connectivity index (χ1v) is 5.63. The van der Waals surface area contributed by atoms with Gasteiger partial charge in [0.2, 0.25) is 5.13 Å². The lowest BCUT2D eigenvalue weighted by molar-refractivity contribution is 0.397. The number of nitrogens with zero attached hydrogens (tertiary/aromatic N) is 2. The number of hydrogen-bond acceptors (Lipinski definition) is 7. The number of anilines is 1. The Bertz CT molecular complexity index is 498. The van der Waals surface area contributed by atoms with Crippen LogP contribution in [0.2, 0.25) is 0 Å². The molecule has 0 aliphatic rings. The molecule has 1 aromatic carbocycles. The van der Waals surface area contributed by atoms with Crippen molar-refractivity contribution < 1.29 is 9.47 Å². The van der Waals surface area contributed by atoms with Gasteiger partial charge in [-0.25, -0.2) is 5.84 Å². The molecule has 0 spiro atoms. The van der Waals surface area contributed by atoms with Crippen LogP contribution in [0.1, 0.15) is 0 Å². The van der Waals surface area contributed by atoms with E-state index < -0.39 is 0 Å². The van der Waals surface area contributed by atoms with Gasteiger partial charge in [-0.3, -0.25) is 5.43 Å². The SMILES string of the molecule is COc1cccc(OC)c1-c1nnc(NN)s1.Cl. The third-order valence-electron chi connectivity index (χ3n) is 2.19. The van der Waals surface area contributed by atoms with Crippen molar-refractivity contribution in [3.8, 4) is 22.1 Å². The van der Waals surface area contributed by atoms with Gasteiger partial charge in [0, 0.05) is 0 Å². The predicted octanol–water partition coefficient (Wildman–Crippen LogP) is 1.93. The minimum Gasteiger partial charge on any atom is -0.496 e. The number of hydrazine groups is 1. The monoisotopic (exact) mass is 288 g/mol. The highest BCUT2D eigenvalue weighted by Crippen LogP contribution is 2.40. The Morgan fingerprint density at radius 2 is 1.78 bits per heavy atom. The molecule has 0 saturated carbocycles. The number of nitrogen functional groups attached to an aromatic ring is 1. The van der Waals surface area contributed by atoms with E-state index in [2.05, 4.69) is 15.6 Å². The maximum Gasteiger partial charge on any atom is 0.220 e. The van der Waals surface area contributed by atoms with Crippen molar-refractivity contribution in [1.82, 2.24) is 10.2 Å². The standard InChI is InChI=1S/C10H12N4O2S.ClH/c1-15-6-4-3-5-7(16-2)8(6)9-13-14-10(12-11)17-9;/h3-5H,11H2,1-2H3,(H,12,14);1H. The molecule has 0 amide bonds. The van der Waals surface area contributed by atoms with E-state index in [1.165, 1.54) is 11.3 Å². The Labute approximate surface area is 115 Å². The molecule has 1 aromatic heterocycles. The number of halogens is 1. The van der Waals surface area contributed by atoms with Crippen molar-refractivity contribution in [2.45, 2.75) is 0 Å². The summed E-state index contributed by atoms with van der Waals surface area (Å²) in [6, 6.07) is 5.54. The summed E-state index contributed by atoms with van der Waals surface area (Å²) in [7, 11) is 3.20. The van der Waals surface area contributed by atoms with Crippen molar-refractivity contribution >= 4 is 28.9 Å². The van der Waals surface area contributed by atoms with Crippen LogP contribution in [-0.4, -0.2) is 24.4 Å². The number of hydrogen-bond donors (Lipinski definition) is 2. The van der Waals surface area contributed by atoms with Crippen molar-refractivity contribution in [3.63, 3.8) is 0 Å². The fourth-order valence-electron chi connectivity index (χ4n) is 1.44. The fraction of sp³-hybridized carbons (Fsp3) is 0.200. The van der Waals surface area contributed by atoms with Crippen LogP contribution < -0.4 is 20.7 Å². The van der Waals surface area contributed by atoms with Crippen LogP contribution in [0.4, 0.5) is 5.13 Å². The Hall–Kier alpha value is -1.57. The van der Waals surface area contributed by atoms with Gasteiger partial charge in [-0.15, -0.1) is 22.6 Å². The molecular formula is C10H13ClN4O2S. The molecule has 0 saturated heterocycles. The van der Waals surface area contributed by atoms with Crippen LogP contribution in [0, 0.1) is 0 Å². The molecule has 0 aliphatic carbocycles. The molecular weight excluding hydrogens is 276 g/mol. The highest BCUT2D eigenvalue weighted by molar-refractivity contribution is 7.18. The quantitative estimate of drug-likeness (QED) is 0.661. The molecule has 2 aromatic rings. The van der Waals surface area contributed by atoms with Gasteiger partial charge in [0.25, 0.3) is 0 Å². The van der Waals surface area contributed by atoms with Gasteiger partial charge in [-0.2, -0.15) is 0 Å². The van der Waals surface area contributed by atoms with Crippen molar-refractivity contribution in [3.05, 3.63) is 18.2 Å². The molecule has 6 nitrogen and oxygen atoms in total. The molecule has 1 heterocycles. The second-order valence-corrected chi connectivity index (χ2v) is 4.07. The number of methoxy groups -OCH3 is 2. The maximum atomic E-state index is 5.29. The third-order valence-corrected chi connectivity index (χ3v) is 3.06. The number of benzene rings is 1. The largest absolute Gasteiger partial charge is 0.496 e. The van der Waals surface area contributed by atoms with Crippen LogP contribution in [0.25, 0.3) is 10.6 Å². The Morgan fingerprint density at radius 3 is 2.22 bits per heavy atom. The lowest BCUT2D eigenvalue weighted by Crippen LogP contribution is -2.05. The van der Waals surface area contributed by atoms with Crippen LogP contribution >= 0.6 is 23.7 Å². The molecule has 0 aliphatic heterocycles. The molecule has 0 atom stereocenters. The predicted molar refractivity (Wildman–Crippen MR) is 73.5 cm³/mol. The normalized spacial score (nSPS) is 9.50. The second kappa shape index (κ2) is 6.39. The molecule has 18 heavy (non-hydrogen) atoms. The van der Waals surface area contributed by atoms with E-state index in [0.29, 0.717) is 21.6 Å². The number of aromatic nitrogens is 2. The van der Waals surface area contributed by atoms with Gasteiger partial charge in [0.1, 0.15) is 11.5 Å². The van der Waals surface area contributed by atoms with E-state index >= 15 is 0 Å². The lowest BCUT2D eigenvalue weighted by Gasteiger charge is -2.09. The van der Waals surface area contributed by atoms with Crippen LogP contribution in [0.3, 0.4) is 0 Å². The highest BCUT2D eigenvalue weighted by Gasteiger charge is 2.16. The molecule has 3 N–H and O–H groups in total. The van der Waals surface area contributed by atoms with Crippen molar-refractivity contribution in [1.29, 1.82) is 0 Å². The summed E-state index contributed by atoms with van der Waals surface area (Å²) in [6.45, 7) is 0. The minimum absolute atomic E-state index is 0. The topological polar surface area (TPSA) is 82.3 Å². The first-order valence-electron chi connectivity index (χ1n) is 4.81. The Morgan fingerprint density at radius 1 is 1.17 bits per heavy atom. The van der Waals surface area contributed by atoms with E-state index in [-0.39, 0.29) is 12.4 Å². The van der Waals surface area contributed by atoms with E-state index in [0.717, 1.165) is 5.56 Å². The molecule has 98 valence electrons. The molecule has 0 radical (unpaired) electrons. The van der Waals surface area contributed by atoms with Gasteiger partial charge in [0.15, 0.2) is 5.01 Å². The summed E-state index contributed by atoms with van der Waals surface area (Å²) < 4.78 is 10.6. The van der Waals surface area contributed by atoms with E-state index in [1.54, 1.807) is 14.2 Å². The number of ether oxygens (including phenoxy) is 2. The summed E-state index contributed by atoms with van der Waals surface area (Å²) in [5.74, 6) is 6.65. The van der Waals surface area contributed by atoms with Gasteiger partial charge in [0.05, 0.1) is 19.8 Å². The summed E-state index contributed by atoms with van der Waals surface area (Å²) in [5.41, 5.74) is 3.23. The average molecular weight is 289 g/mol. The first kappa shape index (κ1) is 14.5. The number of rotatable bonds is 4. The van der Waals surface area contributed by atoms with E-state index in [1.807, 2.05) is 18.2 Å². The molecule has 0 unspecified atom stereocenters. The Balaban J connectivity index is 0.00000162.